The number of fused-ring (bicyclic) bond motifs is 1. The summed E-state index contributed by atoms with van der Waals surface area (Å²) in [6, 6.07) is 23.6. The number of likely N-dealkylation sites (N-methyl/N-ethyl adjacent to an activating group) is 1. The molecule has 178 valence electrons. The maximum absolute atomic E-state index is 13.3. The number of rotatable bonds is 6. The van der Waals surface area contributed by atoms with Crippen LogP contribution in [0.5, 0.6) is 0 Å². The number of halogens is 1. The largest absolute Gasteiger partial charge is 0.344 e. The fourth-order valence-electron chi connectivity index (χ4n) is 3.89. The molecule has 8 heteroatoms. The van der Waals surface area contributed by atoms with Gasteiger partial charge in [0, 0.05) is 22.6 Å². The average molecular weight is 533 g/mol. The van der Waals surface area contributed by atoms with Gasteiger partial charge in [0.05, 0.1) is 17.8 Å². The quantitative estimate of drug-likeness (QED) is 0.509. The average Bonchev–Trinajstić information content (AvgIpc) is 2.95. The number of nitrogens with zero attached hydrogens (tertiary/aromatic N) is 2. The lowest BCUT2D eigenvalue weighted by atomic mass is 10.0. The van der Waals surface area contributed by atoms with Gasteiger partial charge in [-0.2, -0.15) is 0 Å². The van der Waals surface area contributed by atoms with Crippen molar-refractivity contribution in [2.24, 2.45) is 4.99 Å². The van der Waals surface area contributed by atoms with E-state index >= 15 is 0 Å². The Balaban J connectivity index is 1.54. The van der Waals surface area contributed by atoms with Crippen LogP contribution in [-0.4, -0.2) is 42.7 Å². The summed E-state index contributed by atoms with van der Waals surface area (Å²) < 4.78 is 0.873. The summed E-state index contributed by atoms with van der Waals surface area (Å²) in [5.41, 5.74) is 3.75. The molecule has 35 heavy (non-hydrogen) atoms. The number of hydrogen-bond donors (Lipinski definition) is 2. The first-order chi connectivity index (χ1) is 16.8. The molecule has 0 aliphatic carbocycles. The molecular formula is C27H25BrN4O3. The zero-order chi connectivity index (χ0) is 24.9. The van der Waals surface area contributed by atoms with E-state index in [-0.39, 0.29) is 18.2 Å². The Morgan fingerprint density at radius 3 is 2.49 bits per heavy atom. The fourth-order valence-corrected chi connectivity index (χ4v) is 4.34. The Kier molecular flexibility index (Phi) is 7.41. The van der Waals surface area contributed by atoms with Gasteiger partial charge in [0.25, 0.3) is 5.91 Å². The highest BCUT2D eigenvalue weighted by Crippen LogP contribution is 2.27. The summed E-state index contributed by atoms with van der Waals surface area (Å²) in [6.45, 7) is 1.58. The third-order valence-electron chi connectivity index (χ3n) is 5.69. The van der Waals surface area contributed by atoms with Gasteiger partial charge < -0.3 is 15.5 Å². The lowest BCUT2D eigenvalue weighted by Gasteiger charge is -2.22. The van der Waals surface area contributed by atoms with E-state index in [1.54, 1.807) is 14.0 Å². The van der Waals surface area contributed by atoms with Crippen molar-refractivity contribution >= 4 is 45.1 Å². The third kappa shape index (κ3) is 5.66. The molecule has 0 fully saturated rings. The molecule has 1 aliphatic heterocycles. The van der Waals surface area contributed by atoms with Crippen molar-refractivity contribution in [2.45, 2.75) is 25.6 Å². The standard InChI is InChI=1S/C27H25BrN4O3/c1-17(29-23(33)16-18-9-8-12-20(28)15-18)26(34)31-25-27(35)32(2)22-14-7-6-13-21(22)24(30-25)19-10-4-3-5-11-19/h3-15,17,25H,16H2,1-2H3,(H,29,33)(H,31,34)/t17-,25?/m0/s1. The zero-order valence-corrected chi connectivity index (χ0v) is 21.0. The molecule has 0 saturated heterocycles. The van der Waals surface area contributed by atoms with E-state index in [1.807, 2.05) is 78.9 Å². The van der Waals surface area contributed by atoms with Crippen LogP contribution >= 0.6 is 15.9 Å². The second-order valence-electron chi connectivity index (χ2n) is 8.27. The molecule has 3 aromatic rings. The Labute approximate surface area is 212 Å². The first-order valence-corrected chi connectivity index (χ1v) is 12.0. The molecule has 1 heterocycles. The number of hydrogen-bond acceptors (Lipinski definition) is 4. The van der Waals surface area contributed by atoms with Crippen molar-refractivity contribution < 1.29 is 14.4 Å². The van der Waals surface area contributed by atoms with E-state index in [9.17, 15) is 14.4 Å². The van der Waals surface area contributed by atoms with Crippen LogP contribution in [0.15, 0.2) is 88.3 Å². The molecule has 0 aromatic heterocycles. The lowest BCUT2D eigenvalue weighted by Crippen LogP contribution is -2.52. The Morgan fingerprint density at radius 1 is 1.03 bits per heavy atom. The molecule has 2 N–H and O–H groups in total. The highest BCUT2D eigenvalue weighted by molar-refractivity contribution is 9.10. The predicted molar refractivity (Wildman–Crippen MR) is 139 cm³/mol. The van der Waals surface area contributed by atoms with Gasteiger partial charge in [-0.3, -0.25) is 14.4 Å². The fraction of sp³-hybridized carbons (Fsp3) is 0.185. The maximum atomic E-state index is 13.3. The first kappa shape index (κ1) is 24.3. The van der Waals surface area contributed by atoms with Gasteiger partial charge >= 0.3 is 0 Å². The monoisotopic (exact) mass is 532 g/mol. The molecular weight excluding hydrogens is 508 g/mol. The molecule has 0 radical (unpaired) electrons. The summed E-state index contributed by atoms with van der Waals surface area (Å²) in [5.74, 6) is -1.17. The summed E-state index contributed by atoms with van der Waals surface area (Å²) >= 11 is 3.39. The molecule has 1 aliphatic rings. The van der Waals surface area contributed by atoms with E-state index in [2.05, 4.69) is 31.6 Å². The Morgan fingerprint density at radius 2 is 1.74 bits per heavy atom. The molecule has 0 bridgehead atoms. The van der Waals surface area contributed by atoms with Crippen LogP contribution in [0.1, 0.15) is 23.6 Å². The van der Waals surface area contributed by atoms with Gasteiger partial charge in [-0.1, -0.05) is 76.6 Å². The number of benzodiazepines with no additional fused rings is 1. The minimum absolute atomic E-state index is 0.133. The van der Waals surface area contributed by atoms with Crippen LogP contribution in [0.4, 0.5) is 5.69 Å². The number of para-hydroxylation sites is 1. The highest BCUT2D eigenvalue weighted by atomic mass is 79.9. The van der Waals surface area contributed by atoms with Crippen LogP contribution in [0.25, 0.3) is 0 Å². The second-order valence-corrected chi connectivity index (χ2v) is 9.18. The number of anilines is 1. The third-order valence-corrected chi connectivity index (χ3v) is 6.19. The SMILES string of the molecule is C[C@H](NC(=O)Cc1cccc(Br)c1)C(=O)NC1N=C(c2ccccc2)c2ccccc2N(C)C1=O. The maximum Gasteiger partial charge on any atom is 0.272 e. The van der Waals surface area contributed by atoms with Crippen molar-refractivity contribution in [3.8, 4) is 0 Å². The predicted octanol–water partition coefficient (Wildman–Crippen LogP) is 3.45. The molecule has 3 aromatic carbocycles. The smallest absolute Gasteiger partial charge is 0.272 e. The van der Waals surface area contributed by atoms with Crippen LogP contribution in [0.2, 0.25) is 0 Å². The highest BCUT2D eigenvalue weighted by Gasteiger charge is 2.32. The summed E-state index contributed by atoms with van der Waals surface area (Å²) in [6.07, 6.45) is -1.01. The van der Waals surface area contributed by atoms with Crippen molar-refractivity contribution in [1.29, 1.82) is 0 Å². The van der Waals surface area contributed by atoms with E-state index in [0.29, 0.717) is 11.4 Å². The van der Waals surface area contributed by atoms with Crippen molar-refractivity contribution in [2.75, 3.05) is 11.9 Å². The number of carbonyl (C=O) groups excluding carboxylic acids is 3. The van der Waals surface area contributed by atoms with Gasteiger partial charge in [-0.15, -0.1) is 0 Å². The number of aliphatic imine (C=N–C) groups is 1. The number of benzene rings is 3. The summed E-state index contributed by atoms with van der Waals surface area (Å²) in [7, 11) is 1.66. The van der Waals surface area contributed by atoms with Crippen LogP contribution in [-0.2, 0) is 20.8 Å². The summed E-state index contributed by atoms with van der Waals surface area (Å²) in [5, 5.41) is 5.41. The topological polar surface area (TPSA) is 90.9 Å². The van der Waals surface area contributed by atoms with E-state index < -0.39 is 18.1 Å². The van der Waals surface area contributed by atoms with Gasteiger partial charge in [-0.25, -0.2) is 4.99 Å². The van der Waals surface area contributed by atoms with Crippen LogP contribution in [0.3, 0.4) is 0 Å². The normalized spacial score (nSPS) is 16.0. The van der Waals surface area contributed by atoms with E-state index in [0.717, 1.165) is 21.2 Å². The first-order valence-electron chi connectivity index (χ1n) is 11.2. The van der Waals surface area contributed by atoms with Crippen molar-refractivity contribution in [1.82, 2.24) is 10.6 Å². The second kappa shape index (κ2) is 10.7. The molecule has 0 spiro atoms. The zero-order valence-electron chi connectivity index (χ0n) is 19.4. The van der Waals surface area contributed by atoms with Gasteiger partial charge in [-0.05, 0) is 30.7 Å². The minimum atomic E-state index is -1.14. The molecule has 3 amide bonds. The summed E-state index contributed by atoms with van der Waals surface area (Å²) in [4.78, 5) is 44.9. The van der Waals surface area contributed by atoms with Gasteiger partial charge in [0.2, 0.25) is 18.0 Å². The van der Waals surface area contributed by atoms with Gasteiger partial charge in [0.15, 0.2) is 0 Å². The number of amides is 3. The molecule has 2 atom stereocenters. The van der Waals surface area contributed by atoms with Crippen LogP contribution < -0.4 is 15.5 Å². The van der Waals surface area contributed by atoms with Crippen molar-refractivity contribution in [3.63, 3.8) is 0 Å². The van der Waals surface area contributed by atoms with Crippen LogP contribution in [0, 0.1) is 0 Å². The number of nitrogens with one attached hydrogen (secondary N) is 2. The van der Waals surface area contributed by atoms with E-state index in [4.69, 9.17) is 0 Å². The Bertz CT molecular complexity index is 1290. The van der Waals surface area contributed by atoms with E-state index in [1.165, 1.54) is 4.90 Å². The molecule has 0 saturated carbocycles. The molecule has 7 nitrogen and oxygen atoms in total. The minimum Gasteiger partial charge on any atom is -0.344 e. The lowest BCUT2D eigenvalue weighted by molar-refractivity contribution is -0.130. The van der Waals surface area contributed by atoms with Crippen molar-refractivity contribution in [3.05, 3.63) is 100 Å². The van der Waals surface area contributed by atoms with Gasteiger partial charge in [0.1, 0.15) is 6.04 Å². The molecule has 1 unspecified atom stereocenters. The number of carbonyl (C=O) groups is 3. The Hall–Kier alpha value is -3.78. The molecule has 4 rings (SSSR count).